The highest BCUT2D eigenvalue weighted by molar-refractivity contribution is 5.87. The Hall–Kier alpha value is -2.43. The Morgan fingerprint density at radius 3 is 2.65 bits per heavy atom. The molecule has 86 valence electrons. The van der Waals surface area contributed by atoms with Gasteiger partial charge in [0.15, 0.2) is 12.1 Å². The van der Waals surface area contributed by atoms with Gasteiger partial charge in [0.1, 0.15) is 0 Å². The van der Waals surface area contributed by atoms with Crippen LogP contribution in [0.3, 0.4) is 0 Å². The third-order valence-electron chi connectivity index (χ3n) is 2.41. The molecule has 1 aromatic heterocycles. The summed E-state index contributed by atoms with van der Waals surface area (Å²) in [4.78, 5) is 25.2. The van der Waals surface area contributed by atoms with Crippen molar-refractivity contribution in [1.82, 2.24) is 9.55 Å². The number of carbonyl (C=O) groups excluding carboxylic acids is 1. The van der Waals surface area contributed by atoms with Gasteiger partial charge >= 0.3 is 5.97 Å². The summed E-state index contributed by atoms with van der Waals surface area (Å²) in [6, 6.07) is 6.51. The predicted octanol–water partition coefficient (Wildman–Crippen LogP) is 1.44. The number of aromatic carboxylic acids is 1. The van der Waals surface area contributed by atoms with E-state index in [-0.39, 0.29) is 5.56 Å². The lowest BCUT2D eigenvalue weighted by Crippen LogP contribution is -2.04. The van der Waals surface area contributed by atoms with Gasteiger partial charge in [0.25, 0.3) is 0 Å². The van der Waals surface area contributed by atoms with Gasteiger partial charge in [-0.15, -0.1) is 0 Å². The summed E-state index contributed by atoms with van der Waals surface area (Å²) in [6.45, 7) is 0.494. The van der Waals surface area contributed by atoms with Crippen LogP contribution in [-0.4, -0.2) is 26.9 Å². The van der Waals surface area contributed by atoms with Crippen LogP contribution in [0.25, 0.3) is 0 Å². The first-order valence-electron chi connectivity index (χ1n) is 4.99. The van der Waals surface area contributed by atoms with Gasteiger partial charge in [-0.1, -0.05) is 12.1 Å². The van der Waals surface area contributed by atoms with E-state index in [0.29, 0.717) is 18.7 Å². The number of rotatable bonds is 4. The van der Waals surface area contributed by atoms with E-state index in [1.807, 2.05) is 0 Å². The van der Waals surface area contributed by atoms with Gasteiger partial charge in [-0.25, -0.2) is 9.78 Å². The molecule has 2 rings (SSSR count). The molecule has 0 fully saturated rings. The standard InChI is InChI=1S/C12H10N2O3/c15-8-11-13-5-6-14(11)7-9-1-3-10(4-2-9)12(16)17/h1-6,8H,7H2,(H,16,17). The number of benzene rings is 1. The maximum absolute atomic E-state index is 10.7. The third kappa shape index (κ3) is 2.39. The third-order valence-corrected chi connectivity index (χ3v) is 2.41. The summed E-state index contributed by atoms with van der Waals surface area (Å²) in [5.41, 5.74) is 1.16. The molecule has 0 saturated heterocycles. The van der Waals surface area contributed by atoms with E-state index < -0.39 is 5.97 Å². The molecular formula is C12H10N2O3. The number of aldehydes is 1. The molecule has 0 amide bonds. The van der Waals surface area contributed by atoms with Gasteiger partial charge in [-0.2, -0.15) is 0 Å². The second-order valence-electron chi connectivity index (χ2n) is 3.53. The number of carbonyl (C=O) groups is 2. The van der Waals surface area contributed by atoms with Crippen LogP contribution in [0.15, 0.2) is 36.7 Å². The maximum atomic E-state index is 10.7. The number of hydrogen-bond acceptors (Lipinski definition) is 3. The Labute approximate surface area is 97.3 Å². The largest absolute Gasteiger partial charge is 0.478 e. The van der Waals surface area contributed by atoms with Gasteiger partial charge in [-0.05, 0) is 17.7 Å². The zero-order valence-electron chi connectivity index (χ0n) is 8.91. The molecule has 1 N–H and O–H groups in total. The van der Waals surface area contributed by atoms with Crippen molar-refractivity contribution in [3.8, 4) is 0 Å². The first kappa shape index (κ1) is 11.1. The molecule has 1 heterocycles. The summed E-state index contributed by atoms with van der Waals surface area (Å²) in [5, 5.41) is 8.75. The molecule has 0 radical (unpaired) electrons. The summed E-state index contributed by atoms with van der Waals surface area (Å²) in [7, 11) is 0. The molecular weight excluding hydrogens is 220 g/mol. The fraction of sp³-hybridized carbons (Fsp3) is 0.0833. The number of aromatic nitrogens is 2. The van der Waals surface area contributed by atoms with E-state index in [2.05, 4.69) is 4.98 Å². The zero-order valence-corrected chi connectivity index (χ0v) is 8.91. The number of carboxylic acids is 1. The van der Waals surface area contributed by atoms with Gasteiger partial charge in [0.2, 0.25) is 0 Å². The minimum atomic E-state index is -0.951. The number of nitrogens with zero attached hydrogens (tertiary/aromatic N) is 2. The molecule has 0 aliphatic carbocycles. The van der Waals surface area contributed by atoms with E-state index in [0.717, 1.165) is 5.56 Å². The molecule has 17 heavy (non-hydrogen) atoms. The normalized spacial score (nSPS) is 10.1. The van der Waals surface area contributed by atoms with Crippen molar-refractivity contribution in [3.05, 3.63) is 53.6 Å². The highest BCUT2D eigenvalue weighted by Crippen LogP contribution is 2.07. The van der Waals surface area contributed by atoms with Crippen LogP contribution in [-0.2, 0) is 6.54 Å². The Kier molecular flexibility index (Phi) is 3.00. The van der Waals surface area contributed by atoms with Crippen molar-refractivity contribution in [1.29, 1.82) is 0 Å². The summed E-state index contributed by atoms with van der Waals surface area (Å²) in [6.07, 6.45) is 3.94. The van der Waals surface area contributed by atoms with Crippen LogP contribution in [0.5, 0.6) is 0 Å². The van der Waals surface area contributed by atoms with Gasteiger partial charge in [-0.3, -0.25) is 4.79 Å². The van der Waals surface area contributed by atoms with Crippen LogP contribution in [0.1, 0.15) is 26.5 Å². The number of hydrogen-bond donors (Lipinski definition) is 1. The Morgan fingerprint density at radius 2 is 2.06 bits per heavy atom. The van der Waals surface area contributed by atoms with Crippen molar-refractivity contribution in [2.45, 2.75) is 6.54 Å². The van der Waals surface area contributed by atoms with Gasteiger partial charge in [0, 0.05) is 18.9 Å². The first-order valence-corrected chi connectivity index (χ1v) is 4.99. The second-order valence-corrected chi connectivity index (χ2v) is 3.53. The molecule has 0 spiro atoms. The van der Waals surface area contributed by atoms with Crippen LogP contribution in [0.4, 0.5) is 0 Å². The van der Waals surface area contributed by atoms with Crippen molar-refractivity contribution in [2.75, 3.05) is 0 Å². The summed E-state index contributed by atoms with van der Waals surface area (Å²) < 4.78 is 1.70. The van der Waals surface area contributed by atoms with Crippen LogP contribution < -0.4 is 0 Å². The van der Waals surface area contributed by atoms with Crippen LogP contribution in [0, 0.1) is 0 Å². The Balaban J connectivity index is 2.19. The molecule has 2 aromatic rings. The van der Waals surface area contributed by atoms with Crippen molar-refractivity contribution in [2.24, 2.45) is 0 Å². The van der Waals surface area contributed by atoms with Crippen molar-refractivity contribution in [3.63, 3.8) is 0 Å². The SMILES string of the molecule is O=Cc1nccn1Cc1ccc(C(=O)O)cc1. The molecule has 0 bridgehead atoms. The maximum Gasteiger partial charge on any atom is 0.335 e. The Bertz CT molecular complexity index is 543. The minimum absolute atomic E-state index is 0.245. The summed E-state index contributed by atoms with van der Waals surface area (Å²) >= 11 is 0. The monoisotopic (exact) mass is 230 g/mol. The molecule has 5 nitrogen and oxygen atoms in total. The fourth-order valence-corrected chi connectivity index (χ4v) is 1.52. The van der Waals surface area contributed by atoms with E-state index in [1.165, 1.54) is 12.1 Å². The van der Waals surface area contributed by atoms with E-state index in [4.69, 9.17) is 5.11 Å². The molecule has 0 unspecified atom stereocenters. The van der Waals surface area contributed by atoms with Gasteiger partial charge < -0.3 is 9.67 Å². The lowest BCUT2D eigenvalue weighted by Gasteiger charge is -2.04. The quantitative estimate of drug-likeness (QED) is 0.807. The smallest absolute Gasteiger partial charge is 0.335 e. The first-order chi connectivity index (χ1) is 8.20. The van der Waals surface area contributed by atoms with Crippen LogP contribution >= 0.6 is 0 Å². The topological polar surface area (TPSA) is 72.2 Å². The molecule has 5 heteroatoms. The summed E-state index contributed by atoms with van der Waals surface area (Å²) in [5.74, 6) is -0.597. The lowest BCUT2D eigenvalue weighted by atomic mass is 10.1. The molecule has 0 atom stereocenters. The highest BCUT2D eigenvalue weighted by Gasteiger charge is 2.04. The molecule has 1 aromatic carbocycles. The van der Waals surface area contributed by atoms with E-state index >= 15 is 0 Å². The van der Waals surface area contributed by atoms with Crippen molar-refractivity contribution < 1.29 is 14.7 Å². The van der Waals surface area contributed by atoms with E-state index in [1.54, 1.807) is 29.1 Å². The number of imidazole rings is 1. The molecule has 0 saturated carbocycles. The van der Waals surface area contributed by atoms with E-state index in [9.17, 15) is 9.59 Å². The van der Waals surface area contributed by atoms with Crippen LogP contribution in [0.2, 0.25) is 0 Å². The lowest BCUT2D eigenvalue weighted by molar-refractivity contribution is 0.0696. The Morgan fingerprint density at radius 1 is 1.35 bits per heavy atom. The average molecular weight is 230 g/mol. The number of carboxylic acid groups (broad SMARTS) is 1. The predicted molar refractivity (Wildman–Crippen MR) is 60.1 cm³/mol. The molecule has 0 aliphatic rings. The van der Waals surface area contributed by atoms with Gasteiger partial charge in [0.05, 0.1) is 5.56 Å². The fourth-order valence-electron chi connectivity index (χ4n) is 1.52. The molecule has 0 aliphatic heterocycles. The van der Waals surface area contributed by atoms with Crippen molar-refractivity contribution >= 4 is 12.3 Å². The second kappa shape index (κ2) is 4.61. The zero-order chi connectivity index (χ0) is 12.3. The average Bonchev–Trinajstić information content (AvgIpc) is 2.77. The highest BCUT2D eigenvalue weighted by atomic mass is 16.4. The minimum Gasteiger partial charge on any atom is -0.478 e.